The minimum atomic E-state index is 0.417. The fourth-order valence-electron chi connectivity index (χ4n) is 4.20. The summed E-state index contributed by atoms with van der Waals surface area (Å²) in [6, 6.07) is 11.4. The molecule has 1 saturated heterocycles. The van der Waals surface area contributed by atoms with Crippen molar-refractivity contribution in [2.24, 2.45) is 0 Å². The molecular weight excluding hydrogens is 458 g/mol. The van der Waals surface area contributed by atoms with Gasteiger partial charge in [-0.2, -0.15) is 4.98 Å². The van der Waals surface area contributed by atoms with Crippen LogP contribution >= 0.6 is 0 Å². The second-order valence-electron chi connectivity index (χ2n) is 8.48. The van der Waals surface area contributed by atoms with E-state index in [2.05, 4.69) is 31.4 Å². The van der Waals surface area contributed by atoms with Crippen molar-refractivity contribution in [1.82, 2.24) is 14.9 Å². The fourth-order valence-corrected chi connectivity index (χ4v) is 4.20. The van der Waals surface area contributed by atoms with E-state index < -0.39 is 0 Å². The van der Waals surface area contributed by atoms with Crippen molar-refractivity contribution >= 4 is 17.2 Å². The molecule has 0 bridgehead atoms. The lowest BCUT2D eigenvalue weighted by atomic mass is 10.1. The van der Waals surface area contributed by atoms with Crippen molar-refractivity contribution in [1.29, 1.82) is 0 Å². The van der Waals surface area contributed by atoms with E-state index >= 15 is 0 Å². The monoisotopic (exact) mass is 487 g/mol. The minimum absolute atomic E-state index is 0.417. The number of rotatable bonds is 8. The van der Waals surface area contributed by atoms with Gasteiger partial charge in [0.15, 0.2) is 17.3 Å². The van der Waals surface area contributed by atoms with E-state index in [1.165, 1.54) is 6.33 Å². The second-order valence-corrected chi connectivity index (χ2v) is 8.48. The van der Waals surface area contributed by atoms with Gasteiger partial charge in [-0.15, -0.1) is 6.42 Å². The quantitative estimate of drug-likeness (QED) is 0.361. The highest BCUT2D eigenvalue weighted by atomic mass is 16.5. The molecule has 2 aliphatic rings. The molecule has 2 N–H and O–H groups in total. The predicted molar refractivity (Wildman–Crippen MR) is 137 cm³/mol. The summed E-state index contributed by atoms with van der Waals surface area (Å²) in [4.78, 5) is 11.1. The third-order valence-corrected chi connectivity index (χ3v) is 6.09. The van der Waals surface area contributed by atoms with E-state index in [0.717, 1.165) is 56.1 Å². The van der Waals surface area contributed by atoms with Crippen LogP contribution in [0.5, 0.6) is 23.1 Å². The van der Waals surface area contributed by atoms with Crippen LogP contribution in [0.15, 0.2) is 42.7 Å². The number of hydrogen-bond acceptors (Lipinski definition) is 9. The number of nitrogens with zero attached hydrogens (tertiary/aromatic N) is 3. The van der Waals surface area contributed by atoms with E-state index in [4.69, 9.17) is 25.4 Å². The van der Waals surface area contributed by atoms with Gasteiger partial charge < -0.3 is 29.6 Å². The molecule has 0 atom stereocenters. The molecule has 5 rings (SSSR count). The summed E-state index contributed by atoms with van der Waals surface area (Å²) in [5.41, 5.74) is 3.19. The summed E-state index contributed by atoms with van der Waals surface area (Å²) in [6.45, 7) is 5.62. The Kier molecular flexibility index (Phi) is 7.36. The minimum Gasteiger partial charge on any atom is -0.493 e. The number of morpholine rings is 1. The molecule has 36 heavy (non-hydrogen) atoms. The Labute approximate surface area is 210 Å². The number of nitrogens with one attached hydrogen (secondary N) is 2. The molecule has 3 heterocycles. The van der Waals surface area contributed by atoms with Crippen molar-refractivity contribution in [3.63, 3.8) is 0 Å². The van der Waals surface area contributed by atoms with Crippen LogP contribution in [-0.2, 0) is 11.3 Å². The van der Waals surface area contributed by atoms with Gasteiger partial charge in [-0.05, 0) is 30.7 Å². The molecule has 9 heteroatoms. The first-order valence-corrected chi connectivity index (χ1v) is 12.0. The largest absolute Gasteiger partial charge is 0.493 e. The highest BCUT2D eigenvalue weighted by molar-refractivity contribution is 5.76. The Balaban J connectivity index is 1.30. The first kappa shape index (κ1) is 23.7. The van der Waals surface area contributed by atoms with Crippen molar-refractivity contribution in [2.45, 2.75) is 13.0 Å². The third kappa shape index (κ3) is 5.46. The van der Waals surface area contributed by atoms with E-state index in [1.54, 1.807) is 7.11 Å². The van der Waals surface area contributed by atoms with Gasteiger partial charge in [-0.1, -0.05) is 12.0 Å². The topological polar surface area (TPSA) is 90.0 Å². The average Bonchev–Trinajstić information content (AvgIpc) is 3.10. The number of methoxy groups -OCH3 is 1. The molecule has 0 amide bonds. The van der Waals surface area contributed by atoms with Gasteiger partial charge in [0.2, 0.25) is 5.88 Å². The molecule has 0 spiro atoms. The molecule has 3 aromatic rings. The molecule has 0 saturated carbocycles. The number of terminal acetylenes is 1. The zero-order valence-electron chi connectivity index (χ0n) is 20.3. The molecule has 1 aromatic heterocycles. The summed E-state index contributed by atoms with van der Waals surface area (Å²) in [6.07, 6.45) is 7.92. The van der Waals surface area contributed by atoms with Crippen LogP contribution < -0.4 is 24.8 Å². The standard InChI is InChI=1S/C27H29N5O4/c1-3-19-6-4-7-21(14-19)31-26-25-27(30-18-29-26)36-22-16-23(33-2)24(15-20(22)17-28-25)35-11-5-8-32-9-12-34-13-10-32/h1,4,6-7,14-16,18,28H,5,8-13,17H2,2H3,(H,29,30,31). The SMILES string of the molecule is C#Cc1cccc(Nc2ncnc3c2NCc2cc(OCCCN4CCOCC4)c(OC)cc2O3)c1. The number of hydrogen-bond donors (Lipinski definition) is 2. The van der Waals surface area contributed by atoms with E-state index in [0.29, 0.717) is 47.8 Å². The average molecular weight is 488 g/mol. The Bertz CT molecular complexity index is 1250. The molecule has 9 nitrogen and oxygen atoms in total. The molecule has 2 aromatic carbocycles. The van der Waals surface area contributed by atoms with Gasteiger partial charge in [0.05, 0.1) is 26.9 Å². The van der Waals surface area contributed by atoms with Crippen LogP contribution in [0.25, 0.3) is 0 Å². The van der Waals surface area contributed by atoms with Crippen LogP contribution in [0.4, 0.5) is 17.2 Å². The summed E-state index contributed by atoms with van der Waals surface area (Å²) >= 11 is 0. The zero-order valence-corrected chi connectivity index (χ0v) is 20.3. The Morgan fingerprint density at radius 3 is 2.89 bits per heavy atom. The summed E-state index contributed by atoms with van der Waals surface area (Å²) in [5, 5.41) is 6.71. The van der Waals surface area contributed by atoms with Crippen molar-refractivity contribution in [2.75, 3.05) is 57.2 Å². The molecule has 0 unspecified atom stereocenters. The lowest BCUT2D eigenvalue weighted by Gasteiger charge is -2.26. The van der Waals surface area contributed by atoms with Gasteiger partial charge >= 0.3 is 0 Å². The van der Waals surface area contributed by atoms with E-state index in [-0.39, 0.29) is 0 Å². The van der Waals surface area contributed by atoms with E-state index in [1.807, 2.05) is 36.4 Å². The van der Waals surface area contributed by atoms with Crippen LogP contribution in [-0.4, -0.2) is 61.4 Å². The lowest BCUT2D eigenvalue weighted by molar-refractivity contribution is 0.0357. The molecule has 0 aliphatic carbocycles. The number of fused-ring (bicyclic) bond motifs is 2. The number of anilines is 3. The summed E-state index contributed by atoms with van der Waals surface area (Å²) in [7, 11) is 1.62. The highest BCUT2D eigenvalue weighted by Gasteiger charge is 2.22. The van der Waals surface area contributed by atoms with Gasteiger partial charge in [-0.25, -0.2) is 4.98 Å². The highest BCUT2D eigenvalue weighted by Crippen LogP contribution is 2.42. The molecular formula is C27H29N5O4. The summed E-state index contributed by atoms with van der Waals surface area (Å²) < 4.78 is 23.3. The smallest absolute Gasteiger partial charge is 0.248 e. The van der Waals surface area contributed by atoms with Crippen LogP contribution in [0, 0.1) is 12.3 Å². The predicted octanol–water partition coefficient (Wildman–Crippen LogP) is 4.03. The maximum Gasteiger partial charge on any atom is 0.248 e. The van der Waals surface area contributed by atoms with E-state index in [9.17, 15) is 0 Å². The number of ether oxygens (including phenoxy) is 4. The number of aromatic nitrogens is 2. The fraction of sp³-hybridized carbons (Fsp3) is 0.333. The van der Waals surface area contributed by atoms with Gasteiger partial charge in [0.1, 0.15) is 17.8 Å². The van der Waals surface area contributed by atoms with Crippen molar-refractivity contribution in [3.8, 4) is 35.5 Å². The molecule has 0 radical (unpaired) electrons. The van der Waals surface area contributed by atoms with Crippen LogP contribution in [0.3, 0.4) is 0 Å². The normalized spacial score (nSPS) is 14.8. The molecule has 2 aliphatic heterocycles. The zero-order chi connectivity index (χ0) is 24.7. The Morgan fingerprint density at radius 2 is 2.06 bits per heavy atom. The van der Waals surface area contributed by atoms with Crippen LogP contribution in [0.1, 0.15) is 17.5 Å². The Morgan fingerprint density at radius 1 is 1.17 bits per heavy atom. The summed E-state index contributed by atoms with van der Waals surface area (Å²) in [5.74, 6) is 5.60. The molecule has 1 fully saturated rings. The lowest BCUT2D eigenvalue weighted by Crippen LogP contribution is -2.37. The Hall–Kier alpha value is -4.00. The van der Waals surface area contributed by atoms with Crippen molar-refractivity contribution in [3.05, 3.63) is 53.9 Å². The van der Waals surface area contributed by atoms with Gasteiger partial charge in [0.25, 0.3) is 0 Å². The maximum atomic E-state index is 6.19. The third-order valence-electron chi connectivity index (χ3n) is 6.09. The first-order valence-electron chi connectivity index (χ1n) is 12.0. The first-order chi connectivity index (χ1) is 17.7. The van der Waals surface area contributed by atoms with Crippen LogP contribution in [0.2, 0.25) is 0 Å². The van der Waals surface area contributed by atoms with Gasteiger partial charge in [-0.3, -0.25) is 4.90 Å². The van der Waals surface area contributed by atoms with Gasteiger partial charge in [0, 0.05) is 49.1 Å². The number of benzene rings is 2. The second kappa shape index (κ2) is 11.2. The van der Waals surface area contributed by atoms with Crippen molar-refractivity contribution < 1.29 is 18.9 Å². The maximum absolute atomic E-state index is 6.19. The molecule has 186 valence electrons.